The number of non-ortho nitro benzene ring substituents is 1. The molecule has 2 amide bonds. The van der Waals surface area contributed by atoms with Crippen LogP contribution in [0.2, 0.25) is 0 Å². The van der Waals surface area contributed by atoms with Gasteiger partial charge >= 0.3 is 5.97 Å². The third-order valence-corrected chi connectivity index (χ3v) is 4.28. The molecule has 27 heavy (non-hydrogen) atoms. The number of nitro benzene ring substituents is 1. The van der Waals surface area contributed by atoms with E-state index in [1.807, 2.05) is 0 Å². The van der Waals surface area contributed by atoms with Gasteiger partial charge in [0, 0.05) is 30.8 Å². The number of ether oxygens (including phenoxy) is 1. The third kappa shape index (κ3) is 6.69. The lowest BCUT2D eigenvalue weighted by Crippen LogP contribution is -2.38. The molecule has 0 aliphatic carbocycles. The first-order valence-electron chi connectivity index (χ1n) is 8.93. The van der Waals surface area contributed by atoms with Gasteiger partial charge in [0.25, 0.3) is 17.5 Å². The molecule has 0 bridgehead atoms. The molecule has 9 heteroatoms. The molecule has 1 N–H and O–H groups in total. The Hall–Kier alpha value is -2.97. The van der Waals surface area contributed by atoms with E-state index >= 15 is 0 Å². The van der Waals surface area contributed by atoms with Gasteiger partial charge in [-0.3, -0.25) is 24.5 Å². The van der Waals surface area contributed by atoms with Gasteiger partial charge in [0.2, 0.25) is 0 Å². The summed E-state index contributed by atoms with van der Waals surface area (Å²) in [6, 6.07) is 5.17. The van der Waals surface area contributed by atoms with Gasteiger partial charge < -0.3 is 15.0 Å². The van der Waals surface area contributed by atoms with Crippen molar-refractivity contribution in [3.63, 3.8) is 0 Å². The molecule has 1 fully saturated rings. The van der Waals surface area contributed by atoms with E-state index in [0.29, 0.717) is 13.1 Å². The van der Waals surface area contributed by atoms with Crippen LogP contribution in [-0.2, 0) is 14.3 Å². The molecule has 1 heterocycles. The lowest BCUT2D eigenvalue weighted by molar-refractivity contribution is -0.384. The van der Waals surface area contributed by atoms with Gasteiger partial charge in [0.05, 0.1) is 4.92 Å². The fourth-order valence-electron chi connectivity index (χ4n) is 2.80. The molecule has 1 aromatic rings. The highest BCUT2D eigenvalue weighted by molar-refractivity contribution is 5.96. The average molecular weight is 377 g/mol. The van der Waals surface area contributed by atoms with Crippen LogP contribution >= 0.6 is 0 Å². The molecule has 1 aliphatic heterocycles. The van der Waals surface area contributed by atoms with Crippen molar-refractivity contribution in [2.45, 2.75) is 32.1 Å². The zero-order chi connectivity index (χ0) is 19.6. The van der Waals surface area contributed by atoms with Crippen molar-refractivity contribution in [2.75, 3.05) is 26.2 Å². The second-order valence-corrected chi connectivity index (χ2v) is 6.30. The molecule has 0 aromatic heterocycles. The van der Waals surface area contributed by atoms with Gasteiger partial charge in [0.1, 0.15) is 6.54 Å². The van der Waals surface area contributed by atoms with Crippen LogP contribution in [0.5, 0.6) is 0 Å². The Balaban J connectivity index is 1.75. The molecule has 1 aromatic carbocycles. The number of carbonyl (C=O) groups is 3. The number of hydrogen-bond acceptors (Lipinski definition) is 6. The summed E-state index contributed by atoms with van der Waals surface area (Å²) in [4.78, 5) is 47.7. The summed E-state index contributed by atoms with van der Waals surface area (Å²) in [6.07, 6.45) is 5.25. The topological polar surface area (TPSA) is 119 Å². The van der Waals surface area contributed by atoms with E-state index in [-0.39, 0.29) is 23.8 Å². The predicted molar refractivity (Wildman–Crippen MR) is 96.1 cm³/mol. The number of carbonyl (C=O) groups excluding carboxylic acids is 3. The van der Waals surface area contributed by atoms with Crippen LogP contribution < -0.4 is 5.32 Å². The molecule has 0 atom stereocenters. The summed E-state index contributed by atoms with van der Waals surface area (Å²) in [7, 11) is 0. The highest BCUT2D eigenvalue weighted by Crippen LogP contribution is 2.13. The Morgan fingerprint density at radius 3 is 2.44 bits per heavy atom. The summed E-state index contributed by atoms with van der Waals surface area (Å²) in [6.45, 7) is 0.556. The molecule has 0 radical (unpaired) electrons. The first kappa shape index (κ1) is 20.3. The van der Waals surface area contributed by atoms with Crippen LogP contribution in [0.25, 0.3) is 0 Å². The minimum atomic E-state index is -0.742. The Morgan fingerprint density at radius 2 is 1.78 bits per heavy atom. The SMILES string of the molecule is O=C(CNC(=O)c1cccc([N+](=O)[O-])c1)OCC(=O)N1CCCCCCC1. The van der Waals surface area contributed by atoms with Crippen LogP contribution in [0.1, 0.15) is 42.5 Å². The van der Waals surface area contributed by atoms with E-state index in [1.54, 1.807) is 4.90 Å². The lowest BCUT2D eigenvalue weighted by atomic mass is 10.1. The van der Waals surface area contributed by atoms with Crippen molar-refractivity contribution in [1.82, 2.24) is 10.2 Å². The molecule has 1 aliphatic rings. The standard InChI is InChI=1S/C18H23N3O6/c22-16(20-9-4-2-1-3-5-10-20)13-27-17(23)12-19-18(24)14-7-6-8-15(11-14)21(25)26/h6-8,11H,1-5,9-10,12-13H2,(H,19,24). The van der Waals surface area contributed by atoms with Gasteiger partial charge in [-0.05, 0) is 18.9 Å². The minimum absolute atomic E-state index is 0.0636. The van der Waals surface area contributed by atoms with Crippen molar-refractivity contribution >= 4 is 23.5 Å². The number of amides is 2. The highest BCUT2D eigenvalue weighted by atomic mass is 16.6. The number of nitrogens with zero attached hydrogens (tertiary/aromatic N) is 2. The summed E-state index contributed by atoms with van der Waals surface area (Å²) in [5, 5.41) is 13.1. The van der Waals surface area contributed by atoms with Gasteiger partial charge in [0.15, 0.2) is 6.61 Å². The van der Waals surface area contributed by atoms with E-state index in [4.69, 9.17) is 4.74 Å². The Bertz CT molecular complexity index is 698. The van der Waals surface area contributed by atoms with Crippen LogP contribution in [0.15, 0.2) is 24.3 Å². The van der Waals surface area contributed by atoms with E-state index in [1.165, 1.54) is 24.6 Å². The Kier molecular flexibility index (Phi) is 7.72. The maximum Gasteiger partial charge on any atom is 0.325 e. The van der Waals surface area contributed by atoms with E-state index in [0.717, 1.165) is 31.7 Å². The molecular weight excluding hydrogens is 354 g/mol. The van der Waals surface area contributed by atoms with Crippen LogP contribution in [0, 0.1) is 10.1 Å². The maximum absolute atomic E-state index is 12.1. The number of esters is 1. The summed E-state index contributed by atoms with van der Waals surface area (Å²) in [5.74, 6) is -1.62. The predicted octanol–water partition coefficient (Wildman–Crippen LogP) is 1.66. The number of nitro groups is 1. The van der Waals surface area contributed by atoms with Gasteiger partial charge in [-0.2, -0.15) is 0 Å². The molecule has 146 valence electrons. The smallest absolute Gasteiger partial charge is 0.325 e. The molecule has 0 unspecified atom stereocenters. The fraction of sp³-hybridized carbons (Fsp3) is 0.500. The van der Waals surface area contributed by atoms with Gasteiger partial charge in [-0.25, -0.2) is 0 Å². The van der Waals surface area contributed by atoms with Gasteiger partial charge in [-0.15, -0.1) is 0 Å². The molecule has 0 spiro atoms. The van der Waals surface area contributed by atoms with E-state index in [9.17, 15) is 24.5 Å². The second kappa shape index (κ2) is 10.2. The first-order chi connectivity index (χ1) is 13.0. The average Bonchev–Trinajstić information content (AvgIpc) is 2.64. The summed E-state index contributed by atoms with van der Waals surface area (Å²) >= 11 is 0. The van der Waals surface area contributed by atoms with Crippen molar-refractivity contribution in [3.8, 4) is 0 Å². The second-order valence-electron chi connectivity index (χ2n) is 6.30. The number of rotatable bonds is 6. The molecule has 2 rings (SSSR count). The normalized spacial score (nSPS) is 14.6. The van der Waals surface area contributed by atoms with Crippen molar-refractivity contribution in [3.05, 3.63) is 39.9 Å². The minimum Gasteiger partial charge on any atom is -0.454 e. The van der Waals surface area contributed by atoms with Crippen LogP contribution in [0.3, 0.4) is 0 Å². The summed E-state index contributed by atoms with van der Waals surface area (Å²) < 4.78 is 4.92. The number of hydrogen-bond donors (Lipinski definition) is 1. The number of benzene rings is 1. The van der Waals surface area contributed by atoms with Gasteiger partial charge in [-0.1, -0.05) is 25.3 Å². The number of likely N-dealkylation sites (tertiary alicyclic amines) is 1. The Morgan fingerprint density at radius 1 is 1.11 bits per heavy atom. The molecule has 1 saturated heterocycles. The molecular formula is C18H23N3O6. The van der Waals surface area contributed by atoms with Crippen LogP contribution in [0.4, 0.5) is 5.69 Å². The third-order valence-electron chi connectivity index (χ3n) is 4.28. The number of nitrogens with one attached hydrogen (secondary N) is 1. The van der Waals surface area contributed by atoms with Crippen molar-refractivity contribution < 1.29 is 24.0 Å². The Labute approximate surface area is 156 Å². The zero-order valence-corrected chi connectivity index (χ0v) is 15.0. The molecule has 9 nitrogen and oxygen atoms in total. The first-order valence-corrected chi connectivity index (χ1v) is 8.93. The molecule has 0 saturated carbocycles. The maximum atomic E-state index is 12.1. The van der Waals surface area contributed by atoms with E-state index < -0.39 is 23.3 Å². The quantitative estimate of drug-likeness (QED) is 0.457. The fourth-order valence-corrected chi connectivity index (χ4v) is 2.80. The van der Waals surface area contributed by atoms with Crippen molar-refractivity contribution in [1.29, 1.82) is 0 Å². The summed E-state index contributed by atoms with van der Waals surface area (Å²) in [5.41, 5.74) is -0.155. The lowest BCUT2D eigenvalue weighted by Gasteiger charge is -2.24. The monoisotopic (exact) mass is 377 g/mol. The van der Waals surface area contributed by atoms with Crippen LogP contribution in [-0.4, -0.2) is 53.8 Å². The zero-order valence-electron chi connectivity index (χ0n) is 15.0. The van der Waals surface area contributed by atoms with Crippen molar-refractivity contribution in [2.24, 2.45) is 0 Å². The largest absolute Gasteiger partial charge is 0.454 e. The highest BCUT2D eigenvalue weighted by Gasteiger charge is 2.17. The van der Waals surface area contributed by atoms with E-state index in [2.05, 4.69) is 5.32 Å².